The molecule has 0 aliphatic rings. The van der Waals surface area contributed by atoms with Gasteiger partial charge in [0.05, 0.1) is 39.9 Å². The summed E-state index contributed by atoms with van der Waals surface area (Å²) in [5, 5.41) is 14.0. The molecule has 0 heterocycles. The SMILES string of the molecule is CCCCCCC/C=C\C/C=C\CCCCCCCCCCCCCCCCCCCCCC(=O)NC(COP(=O)([O-])OCC[N+](C)(C)C)C(O)/C=C/CCCCCCCCCCCCCCCCCCCCCCCCCCCCCCC. The summed E-state index contributed by atoms with van der Waals surface area (Å²) in [6.45, 7) is 4.70. The average molecular weight is 1200 g/mol. The molecule has 0 radical (unpaired) electrons. The molecule has 498 valence electrons. The van der Waals surface area contributed by atoms with Crippen LogP contribution in [-0.4, -0.2) is 68.5 Å². The van der Waals surface area contributed by atoms with Gasteiger partial charge in [-0.25, -0.2) is 0 Å². The number of carbonyl (C=O) groups is 1. The number of nitrogens with zero attached hydrogens (tertiary/aromatic N) is 1. The van der Waals surface area contributed by atoms with Gasteiger partial charge < -0.3 is 28.8 Å². The lowest BCUT2D eigenvalue weighted by atomic mass is 10.0. The highest BCUT2D eigenvalue weighted by atomic mass is 31.2. The number of rotatable bonds is 70. The van der Waals surface area contributed by atoms with Crippen molar-refractivity contribution in [1.82, 2.24) is 5.32 Å². The Morgan fingerprint density at radius 1 is 0.417 bits per heavy atom. The normalized spacial score (nSPS) is 13.8. The summed E-state index contributed by atoms with van der Waals surface area (Å²) in [7, 11) is 1.28. The number of phosphoric acid groups is 1. The minimum atomic E-state index is -4.60. The molecule has 3 atom stereocenters. The number of quaternary nitrogens is 1. The lowest BCUT2D eigenvalue weighted by molar-refractivity contribution is -0.870. The van der Waals surface area contributed by atoms with Gasteiger partial charge in [0.1, 0.15) is 13.2 Å². The minimum Gasteiger partial charge on any atom is -0.756 e. The molecule has 8 nitrogen and oxygen atoms in total. The maximum absolute atomic E-state index is 13.1. The molecule has 0 spiro atoms. The largest absolute Gasteiger partial charge is 0.756 e. The van der Waals surface area contributed by atoms with Gasteiger partial charge in [0, 0.05) is 6.42 Å². The van der Waals surface area contributed by atoms with Gasteiger partial charge in [0.25, 0.3) is 7.82 Å². The monoisotopic (exact) mass is 1200 g/mol. The van der Waals surface area contributed by atoms with E-state index in [2.05, 4.69) is 43.5 Å². The molecule has 0 aliphatic heterocycles. The Morgan fingerprint density at radius 3 is 0.988 bits per heavy atom. The van der Waals surface area contributed by atoms with Crippen LogP contribution in [0, 0.1) is 0 Å². The highest BCUT2D eigenvalue weighted by molar-refractivity contribution is 7.45. The molecular formula is C75H147N2O6P. The van der Waals surface area contributed by atoms with E-state index in [1.807, 2.05) is 27.2 Å². The third kappa shape index (κ3) is 68.2. The van der Waals surface area contributed by atoms with Crippen molar-refractivity contribution in [2.75, 3.05) is 40.9 Å². The van der Waals surface area contributed by atoms with E-state index in [1.54, 1.807) is 6.08 Å². The molecule has 0 aromatic carbocycles. The van der Waals surface area contributed by atoms with Gasteiger partial charge in [0.15, 0.2) is 0 Å². The number of carbonyl (C=O) groups excluding carboxylic acids is 1. The van der Waals surface area contributed by atoms with Crippen molar-refractivity contribution >= 4 is 13.7 Å². The zero-order chi connectivity index (χ0) is 61.2. The van der Waals surface area contributed by atoms with E-state index in [-0.39, 0.29) is 19.1 Å². The average Bonchev–Trinajstić information content (AvgIpc) is 3.56. The van der Waals surface area contributed by atoms with E-state index in [4.69, 9.17) is 9.05 Å². The Kier molecular flexibility index (Phi) is 65.1. The maximum Gasteiger partial charge on any atom is 0.268 e. The van der Waals surface area contributed by atoms with E-state index in [9.17, 15) is 19.4 Å². The summed E-state index contributed by atoms with van der Waals surface area (Å²) >= 11 is 0. The van der Waals surface area contributed by atoms with Crippen molar-refractivity contribution in [1.29, 1.82) is 0 Å². The lowest BCUT2D eigenvalue weighted by Gasteiger charge is -2.29. The standard InChI is InChI=1S/C75H147N2O6P/c1-6-8-10-12-14-16-18-20-22-24-26-28-30-32-34-36-38-40-42-44-46-48-50-52-54-56-58-60-62-64-66-68-74(78)73(72-83-84(80,81)82-71-70-77(3,4)5)76-75(79)69-67-65-63-61-59-57-55-53-51-49-47-45-43-41-39-37-35-33-31-29-27-25-23-21-19-17-15-13-11-9-7-2/h19,21,25,27,66,68,73-74,78H,6-18,20,22-24,26,28-65,67,69-72H2,1-5H3,(H-,76,79,80,81)/b21-19-,27-25-,68-66+. The number of amides is 1. The predicted molar refractivity (Wildman–Crippen MR) is 367 cm³/mol. The van der Waals surface area contributed by atoms with Gasteiger partial charge >= 0.3 is 0 Å². The molecule has 3 unspecified atom stereocenters. The van der Waals surface area contributed by atoms with Crippen LogP contribution >= 0.6 is 7.82 Å². The minimum absolute atomic E-state index is 0.00115. The van der Waals surface area contributed by atoms with Crippen molar-refractivity contribution in [3.63, 3.8) is 0 Å². The summed E-state index contributed by atoms with van der Waals surface area (Å²) in [5.41, 5.74) is 0. The van der Waals surface area contributed by atoms with Crippen molar-refractivity contribution in [3.8, 4) is 0 Å². The van der Waals surface area contributed by atoms with Gasteiger partial charge in [-0.3, -0.25) is 9.36 Å². The van der Waals surface area contributed by atoms with Crippen LogP contribution in [0.15, 0.2) is 36.5 Å². The van der Waals surface area contributed by atoms with Crippen LogP contribution in [0.4, 0.5) is 0 Å². The summed E-state index contributed by atoms with van der Waals surface area (Å²) < 4.78 is 23.5. The number of hydrogen-bond acceptors (Lipinski definition) is 6. The van der Waals surface area contributed by atoms with Crippen LogP contribution in [0.2, 0.25) is 0 Å². The molecule has 84 heavy (non-hydrogen) atoms. The number of unbranched alkanes of at least 4 members (excludes halogenated alkanes) is 53. The van der Waals surface area contributed by atoms with Crippen LogP contribution < -0.4 is 10.2 Å². The van der Waals surface area contributed by atoms with Gasteiger partial charge in [-0.2, -0.15) is 0 Å². The Hall–Kier alpha value is -1.28. The number of hydrogen-bond donors (Lipinski definition) is 2. The van der Waals surface area contributed by atoms with Crippen molar-refractivity contribution < 1.29 is 32.9 Å². The summed E-state index contributed by atoms with van der Waals surface area (Å²) in [6, 6.07) is -0.887. The molecule has 0 rings (SSSR count). The third-order valence-corrected chi connectivity index (χ3v) is 18.3. The van der Waals surface area contributed by atoms with Crippen LogP contribution in [-0.2, 0) is 18.4 Å². The molecule has 1 amide bonds. The molecule has 0 saturated heterocycles. The smallest absolute Gasteiger partial charge is 0.268 e. The topological polar surface area (TPSA) is 108 Å². The summed E-state index contributed by atoms with van der Waals surface area (Å²) in [4.78, 5) is 25.7. The molecule has 9 heteroatoms. The first kappa shape index (κ1) is 82.7. The number of aliphatic hydroxyl groups is 1. The van der Waals surface area contributed by atoms with E-state index in [0.29, 0.717) is 17.4 Å². The molecule has 0 saturated carbocycles. The molecule has 0 aromatic heterocycles. The Balaban J connectivity index is 4.00. The molecular weight excluding hydrogens is 1060 g/mol. The van der Waals surface area contributed by atoms with E-state index in [0.717, 1.165) is 44.9 Å². The molecule has 2 N–H and O–H groups in total. The first-order chi connectivity index (χ1) is 41.0. The zero-order valence-electron chi connectivity index (χ0n) is 57.1. The number of phosphoric ester groups is 1. The van der Waals surface area contributed by atoms with E-state index in [1.165, 1.54) is 321 Å². The van der Waals surface area contributed by atoms with Gasteiger partial charge in [-0.1, -0.05) is 365 Å². The van der Waals surface area contributed by atoms with Gasteiger partial charge in [-0.05, 0) is 51.4 Å². The number of likely N-dealkylation sites (N-methyl/N-ethyl adjacent to an activating group) is 1. The van der Waals surface area contributed by atoms with Gasteiger partial charge in [0.2, 0.25) is 5.91 Å². The molecule has 0 bridgehead atoms. The maximum atomic E-state index is 13.1. The summed E-state index contributed by atoms with van der Waals surface area (Å²) in [6.07, 6.45) is 88.6. The fourth-order valence-corrected chi connectivity index (χ4v) is 12.3. The highest BCUT2D eigenvalue weighted by Crippen LogP contribution is 2.38. The lowest BCUT2D eigenvalue weighted by Crippen LogP contribution is -2.45. The molecule has 0 aromatic rings. The number of nitrogens with one attached hydrogen (secondary N) is 1. The van der Waals surface area contributed by atoms with Crippen LogP contribution in [0.1, 0.15) is 386 Å². The Labute approximate surface area is 525 Å². The number of allylic oxidation sites excluding steroid dienone is 5. The molecule has 0 aliphatic carbocycles. The predicted octanol–water partition coefficient (Wildman–Crippen LogP) is 23.4. The first-order valence-electron chi connectivity index (χ1n) is 37.4. The van der Waals surface area contributed by atoms with Crippen LogP contribution in [0.5, 0.6) is 0 Å². The van der Waals surface area contributed by atoms with Crippen LogP contribution in [0.25, 0.3) is 0 Å². The van der Waals surface area contributed by atoms with E-state index < -0.39 is 20.0 Å². The Bertz CT molecular complexity index is 1460. The zero-order valence-corrected chi connectivity index (χ0v) is 58.0. The van der Waals surface area contributed by atoms with E-state index >= 15 is 0 Å². The first-order valence-corrected chi connectivity index (χ1v) is 38.8. The quantitative estimate of drug-likeness (QED) is 0.0272. The van der Waals surface area contributed by atoms with Crippen molar-refractivity contribution in [2.45, 2.75) is 398 Å². The van der Waals surface area contributed by atoms with Crippen molar-refractivity contribution in [2.24, 2.45) is 0 Å². The number of aliphatic hydroxyl groups excluding tert-OH is 1. The second-order valence-electron chi connectivity index (χ2n) is 27.0. The fourth-order valence-electron chi connectivity index (χ4n) is 11.5. The van der Waals surface area contributed by atoms with Gasteiger partial charge in [-0.15, -0.1) is 0 Å². The third-order valence-electron chi connectivity index (χ3n) is 17.3. The summed E-state index contributed by atoms with van der Waals surface area (Å²) in [5.74, 6) is -0.189. The van der Waals surface area contributed by atoms with Crippen LogP contribution in [0.3, 0.4) is 0 Å². The second-order valence-corrected chi connectivity index (χ2v) is 28.4. The molecule has 0 fully saturated rings. The highest BCUT2D eigenvalue weighted by Gasteiger charge is 2.23. The van der Waals surface area contributed by atoms with Crippen molar-refractivity contribution in [3.05, 3.63) is 36.5 Å². The second kappa shape index (κ2) is 66.1. The Morgan fingerprint density at radius 2 is 0.690 bits per heavy atom. The fraction of sp³-hybridized carbons (Fsp3) is 0.907.